The summed E-state index contributed by atoms with van der Waals surface area (Å²) in [4.78, 5) is 27.3. The topological polar surface area (TPSA) is 80.2 Å². The molecular weight excluding hydrogens is 462 g/mol. The number of hydrogen-bond acceptors (Lipinski definition) is 6. The number of hydrogen-bond donors (Lipinski definition) is 1. The molecule has 1 N–H and O–H groups in total. The maximum absolute atomic E-state index is 12.0. The van der Waals surface area contributed by atoms with Gasteiger partial charge in [-0.1, -0.05) is 30.3 Å². The van der Waals surface area contributed by atoms with Gasteiger partial charge in [0.05, 0.1) is 5.52 Å². The van der Waals surface area contributed by atoms with Crippen LogP contribution < -0.4 is 10.1 Å². The van der Waals surface area contributed by atoms with Crippen LogP contribution in [0.4, 0.5) is 5.82 Å². The van der Waals surface area contributed by atoms with Crippen LogP contribution in [0.25, 0.3) is 33.4 Å². The van der Waals surface area contributed by atoms with E-state index in [1.807, 2.05) is 73.8 Å². The van der Waals surface area contributed by atoms with E-state index in [0.717, 1.165) is 44.7 Å². The highest BCUT2D eigenvalue weighted by Gasteiger charge is 2.11. The Balaban J connectivity index is 1.32. The van der Waals surface area contributed by atoms with Gasteiger partial charge in [-0.05, 0) is 65.2 Å². The molecule has 0 aliphatic carbocycles. The lowest BCUT2D eigenvalue weighted by molar-refractivity contribution is 0.0827. The van der Waals surface area contributed by atoms with Gasteiger partial charge in [0.1, 0.15) is 18.2 Å². The molecule has 7 heteroatoms. The molecule has 37 heavy (non-hydrogen) atoms. The van der Waals surface area contributed by atoms with Crippen molar-refractivity contribution in [2.75, 3.05) is 26.5 Å². The van der Waals surface area contributed by atoms with E-state index in [0.29, 0.717) is 18.0 Å². The predicted octanol–water partition coefficient (Wildman–Crippen LogP) is 5.68. The highest BCUT2D eigenvalue weighted by atomic mass is 16.5. The van der Waals surface area contributed by atoms with Gasteiger partial charge in [0.15, 0.2) is 5.82 Å². The molecule has 5 rings (SSSR count). The third-order valence-corrected chi connectivity index (χ3v) is 6.05. The minimum atomic E-state index is -0.0147. The lowest BCUT2D eigenvalue weighted by Crippen LogP contribution is -2.21. The Bertz CT molecular complexity index is 1530. The number of ether oxygens (including phenoxy) is 1. The number of fused-ring (bicyclic) bond motifs is 1. The van der Waals surface area contributed by atoms with E-state index < -0.39 is 0 Å². The summed E-state index contributed by atoms with van der Waals surface area (Å²) in [5.41, 5.74) is 5.53. The highest BCUT2D eigenvalue weighted by molar-refractivity contribution is 5.94. The number of aromatic nitrogens is 3. The summed E-state index contributed by atoms with van der Waals surface area (Å²) < 4.78 is 5.96. The van der Waals surface area contributed by atoms with Crippen molar-refractivity contribution in [1.29, 1.82) is 0 Å². The molecule has 3 aromatic carbocycles. The second-order valence-corrected chi connectivity index (χ2v) is 8.83. The number of carbonyl (C=O) groups excluding carboxylic acids is 1. The molecule has 5 aromatic rings. The zero-order valence-corrected chi connectivity index (χ0v) is 21.0. The average Bonchev–Trinajstić information content (AvgIpc) is 2.95. The summed E-state index contributed by atoms with van der Waals surface area (Å²) >= 11 is 0. The van der Waals surface area contributed by atoms with Gasteiger partial charge in [-0.2, -0.15) is 0 Å². The van der Waals surface area contributed by atoms with E-state index in [-0.39, 0.29) is 5.91 Å². The van der Waals surface area contributed by atoms with Crippen molar-refractivity contribution < 1.29 is 9.53 Å². The summed E-state index contributed by atoms with van der Waals surface area (Å²) in [5.74, 6) is 2.17. The smallest absolute Gasteiger partial charge is 0.253 e. The Morgan fingerprint density at radius 1 is 0.892 bits per heavy atom. The first-order chi connectivity index (χ1) is 18.0. The summed E-state index contributed by atoms with van der Waals surface area (Å²) in [6.45, 7) is 0.424. The highest BCUT2D eigenvalue weighted by Crippen LogP contribution is 2.30. The number of anilines is 1. The van der Waals surface area contributed by atoms with Crippen LogP contribution in [-0.4, -0.2) is 46.9 Å². The normalized spacial score (nSPS) is 10.8. The van der Waals surface area contributed by atoms with E-state index in [2.05, 4.69) is 22.4 Å². The predicted molar refractivity (Wildman–Crippen MR) is 147 cm³/mol. The van der Waals surface area contributed by atoms with Crippen LogP contribution >= 0.6 is 0 Å². The van der Waals surface area contributed by atoms with Crippen molar-refractivity contribution in [3.63, 3.8) is 0 Å². The Labute approximate surface area is 215 Å². The van der Waals surface area contributed by atoms with Crippen LogP contribution in [0.3, 0.4) is 0 Å². The molecule has 0 spiro atoms. The number of rotatable bonds is 7. The molecule has 0 unspecified atom stereocenters. The van der Waals surface area contributed by atoms with Crippen molar-refractivity contribution in [1.82, 2.24) is 19.9 Å². The maximum atomic E-state index is 12.0. The molecule has 2 aromatic heterocycles. The first-order valence-corrected chi connectivity index (χ1v) is 12.0. The van der Waals surface area contributed by atoms with E-state index >= 15 is 0 Å². The molecule has 7 nitrogen and oxygen atoms in total. The summed E-state index contributed by atoms with van der Waals surface area (Å²) in [7, 11) is 5.35. The van der Waals surface area contributed by atoms with Gasteiger partial charge in [-0.25, -0.2) is 9.97 Å². The minimum absolute atomic E-state index is 0.0147. The number of pyridine rings is 1. The van der Waals surface area contributed by atoms with E-state index in [9.17, 15) is 4.79 Å². The Morgan fingerprint density at radius 2 is 1.65 bits per heavy atom. The lowest BCUT2D eigenvalue weighted by Gasteiger charge is -2.12. The fourth-order valence-electron chi connectivity index (χ4n) is 4.03. The number of nitrogens with zero attached hydrogens (tertiary/aromatic N) is 4. The third-order valence-electron chi connectivity index (χ3n) is 6.05. The summed E-state index contributed by atoms with van der Waals surface area (Å²) in [6, 6.07) is 25.5. The molecule has 0 saturated heterocycles. The van der Waals surface area contributed by atoms with E-state index in [4.69, 9.17) is 14.7 Å². The molecular formula is C30H27N5O2. The SMILES string of the molecule is CNc1nc(-c2cccnc2)nc2ccc(-c3ccc(OCc4ccc(C(=O)N(C)C)cc4)cc3)cc12. The quantitative estimate of drug-likeness (QED) is 0.317. The van der Waals surface area contributed by atoms with Crippen LogP contribution in [0.15, 0.2) is 91.3 Å². The summed E-state index contributed by atoms with van der Waals surface area (Å²) in [5, 5.41) is 4.15. The minimum Gasteiger partial charge on any atom is -0.489 e. The first kappa shape index (κ1) is 23.9. The van der Waals surface area contributed by atoms with Gasteiger partial charge in [0.25, 0.3) is 5.91 Å². The van der Waals surface area contributed by atoms with Gasteiger partial charge in [0.2, 0.25) is 0 Å². The number of amides is 1. The zero-order chi connectivity index (χ0) is 25.8. The number of carbonyl (C=O) groups is 1. The Hall–Kier alpha value is -4.78. The van der Waals surface area contributed by atoms with Crippen LogP contribution in [0, 0.1) is 0 Å². The van der Waals surface area contributed by atoms with Gasteiger partial charge >= 0.3 is 0 Å². The molecule has 1 amide bonds. The third kappa shape index (κ3) is 5.26. The fraction of sp³-hybridized carbons (Fsp3) is 0.133. The van der Waals surface area contributed by atoms with Crippen molar-refractivity contribution >= 4 is 22.6 Å². The molecule has 0 atom stereocenters. The standard InChI is InChI=1S/C30H27N5O2/c1-31-29-26-17-23(12-15-27(26)33-28(34-29)24-5-4-16-32-18-24)21-10-13-25(14-11-21)37-19-20-6-8-22(9-7-20)30(36)35(2)3/h4-18H,19H2,1-3H3,(H,31,33,34). The first-order valence-electron chi connectivity index (χ1n) is 12.0. The molecule has 0 aliphatic heterocycles. The summed E-state index contributed by atoms with van der Waals surface area (Å²) in [6.07, 6.45) is 3.50. The van der Waals surface area contributed by atoms with E-state index in [1.54, 1.807) is 31.4 Å². The molecule has 0 radical (unpaired) electrons. The van der Waals surface area contributed by atoms with Gasteiger partial charge in [-0.15, -0.1) is 0 Å². The Kier molecular flexibility index (Phi) is 6.76. The zero-order valence-electron chi connectivity index (χ0n) is 21.0. The average molecular weight is 490 g/mol. The second-order valence-electron chi connectivity index (χ2n) is 8.83. The Morgan fingerprint density at radius 3 is 2.32 bits per heavy atom. The molecule has 0 fully saturated rings. The number of benzene rings is 3. The van der Waals surface area contributed by atoms with Gasteiger partial charge in [-0.3, -0.25) is 9.78 Å². The molecule has 2 heterocycles. The van der Waals surface area contributed by atoms with Crippen molar-refractivity contribution in [3.05, 3.63) is 102 Å². The molecule has 0 bridgehead atoms. The number of nitrogens with one attached hydrogen (secondary N) is 1. The monoisotopic (exact) mass is 489 g/mol. The van der Waals surface area contributed by atoms with Gasteiger partial charge < -0.3 is 15.0 Å². The van der Waals surface area contributed by atoms with E-state index in [1.165, 1.54) is 0 Å². The molecule has 184 valence electrons. The van der Waals surface area contributed by atoms with Gasteiger partial charge in [0, 0.05) is 50.0 Å². The lowest BCUT2D eigenvalue weighted by atomic mass is 10.0. The van der Waals surface area contributed by atoms with Crippen molar-refractivity contribution in [3.8, 4) is 28.3 Å². The second kappa shape index (κ2) is 10.5. The van der Waals surface area contributed by atoms with Crippen LogP contribution in [0.2, 0.25) is 0 Å². The van der Waals surface area contributed by atoms with Crippen LogP contribution in [-0.2, 0) is 6.61 Å². The fourth-order valence-corrected chi connectivity index (χ4v) is 4.03. The van der Waals surface area contributed by atoms with Crippen LogP contribution in [0.5, 0.6) is 5.75 Å². The van der Waals surface area contributed by atoms with Crippen molar-refractivity contribution in [2.24, 2.45) is 0 Å². The maximum Gasteiger partial charge on any atom is 0.253 e. The van der Waals surface area contributed by atoms with Crippen molar-refractivity contribution in [2.45, 2.75) is 6.61 Å². The molecule has 0 aliphatic rings. The van der Waals surface area contributed by atoms with Crippen LogP contribution in [0.1, 0.15) is 15.9 Å². The largest absolute Gasteiger partial charge is 0.489 e. The molecule has 0 saturated carbocycles.